The van der Waals surface area contributed by atoms with Crippen molar-refractivity contribution in [1.29, 1.82) is 0 Å². The summed E-state index contributed by atoms with van der Waals surface area (Å²) in [6.45, 7) is 1.65. The molecule has 1 heterocycles. The summed E-state index contributed by atoms with van der Waals surface area (Å²) >= 11 is 7.20. The van der Waals surface area contributed by atoms with Crippen molar-refractivity contribution in [2.45, 2.75) is 17.9 Å². The molecule has 0 saturated heterocycles. The summed E-state index contributed by atoms with van der Waals surface area (Å²) in [6.07, 6.45) is 3.20. The van der Waals surface area contributed by atoms with E-state index in [2.05, 4.69) is 4.98 Å². The molecule has 1 aromatic heterocycles. The van der Waals surface area contributed by atoms with Gasteiger partial charge in [0.2, 0.25) is 0 Å². The van der Waals surface area contributed by atoms with Crippen LogP contribution in [0.3, 0.4) is 0 Å². The Morgan fingerprint density at radius 1 is 1.79 bits per heavy atom. The monoisotopic (exact) mass is 231 g/mol. The quantitative estimate of drug-likeness (QED) is 0.865. The predicted octanol–water partition coefficient (Wildman–Crippen LogP) is 2.44. The lowest BCUT2D eigenvalue weighted by molar-refractivity contribution is -0.136. The average Bonchev–Trinajstić information content (AvgIpc) is 2.16. The number of thioether (sulfide) groups is 1. The fraction of sp³-hybridized carbons (Fsp3) is 0.333. The van der Waals surface area contributed by atoms with E-state index in [0.29, 0.717) is 10.8 Å². The van der Waals surface area contributed by atoms with Crippen molar-refractivity contribution in [3.63, 3.8) is 0 Å². The smallest absolute Gasteiger partial charge is 0.316 e. The number of carboxylic acids is 1. The topological polar surface area (TPSA) is 50.2 Å². The molecule has 0 amide bonds. The third-order valence-electron chi connectivity index (χ3n) is 1.69. The summed E-state index contributed by atoms with van der Waals surface area (Å²) in [4.78, 5) is 14.4. The normalized spacial score (nSPS) is 12.4. The SMILES string of the molecule is CC(SCc1ccncc1Cl)C(=O)O. The number of aliphatic carboxylic acids is 1. The van der Waals surface area contributed by atoms with Gasteiger partial charge < -0.3 is 5.11 Å². The van der Waals surface area contributed by atoms with E-state index < -0.39 is 11.2 Å². The maximum absolute atomic E-state index is 10.5. The fourth-order valence-corrected chi connectivity index (χ4v) is 1.90. The zero-order chi connectivity index (χ0) is 10.6. The van der Waals surface area contributed by atoms with E-state index in [1.165, 1.54) is 11.8 Å². The molecule has 1 aromatic rings. The van der Waals surface area contributed by atoms with Crippen molar-refractivity contribution in [3.05, 3.63) is 29.0 Å². The molecule has 0 bridgehead atoms. The second-order valence-electron chi connectivity index (χ2n) is 2.76. The van der Waals surface area contributed by atoms with E-state index in [0.717, 1.165) is 5.56 Å². The molecule has 0 fully saturated rings. The van der Waals surface area contributed by atoms with Crippen LogP contribution in [0, 0.1) is 0 Å². The first kappa shape index (κ1) is 11.3. The van der Waals surface area contributed by atoms with Crippen LogP contribution in [0.1, 0.15) is 12.5 Å². The Morgan fingerprint density at radius 2 is 2.50 bits per heavy atom. The van der Waals surface area contributed by atoms with Gasteiger partial charge in [0.1, 0.15) is 0 Å². The van der Waals surface area contributed by atoms with Crippen LogP contribution in [0.5, 0.6) is 0 Å². The molecule has 1 rings (SSSR count). The molecule has 3 nitrogen and oxygen atoms in total. The fourth-order valence-electron chi connectivity index (χ4n) is 0.807. The first-order chi connectivity index (χ1) is 6.61. The van der Waals surface area contributed by atoms with Gasteiger partial charge >= 0.3 is 5.97 Å². The number of hydrogen-bond acceptors (Lipinski definition) is 3. The van der Waals surface area contributed by atoms with Crippen molar-refractivity contribution >= 4 is 29.3 Å². The minimum atomic E-state index is -0.805. The van der Waals surface area contributed by atoms with E-state index >= 15 is 0 Å². The van der Waals surface area contributed by atoms with Crippen LogP contribution in [-0.4, -0.2) is 21.3 Å². The van der Waals surface area contributed by atoms with E-state index in [9.17, 15) is 4.79 Å². The number of halogens is 1. The maximum Gasteiger partial charge on any atom is 0.316 e. The number of rotatable bonds is 4. The lowest BCUT2D eigenvalue weighted by atomic mass is 10.3. The number of carboxylic acid groups (broad SMARTS) is 1. The van der Waals surface area contributed by atoms with Crippen molar-refractivity contribution < 1.29 is 9.90 Å². The summed E-state index contributed by atoms with van der Waals surface area (Å²) in [6, 6.07) is 1.80. The van der Waals surface area contributed by atoms with Crippen molar-refractivity contribution in [2.75, 3.05) is 0 Å². The Bertz CT molecular complexity index is 332. The van der Waals surface area contributed by atoms with E-state index in [1.54, 1.807) is 25.4 Å². The molecule has 0 saturated carbocycles. The van der Waals surface area contributed by atoms with Crippen LogP contribution in [0.2, 0.25) is 5.02 Å². The highest BCUT2D eigenvalue weighted by molar-refractivity contribution is 7.99. The van der Waals surface area contributed by atoms with Gasteiger partial charge in [-0.2, -0.15) is 0 Å². The van der Waals surface area contributed by atoms with Crippen LogP contribution in [0.4, 0.5) is 0 Å². The lowest BCUT2D eigenvalue weighted by Gasteiger charge is -2.06. The van der Waals surface area contributed by atoms with Crippen molar-refractivity contribution in [1.82, 2.24) is 4.98 Å². The molecule has 0 aliphatic carbocycles. The van der Waals surface area contributed by atoms with Gasteiger partial charge in [0.15, 0.2) is 0 Å². The van der Waals surface area contributed by atoms with Gasteiger partial charge in [0.05, 0.1) is 10.3 Å². The van der Waals surface area contributed by atoms with Gasteiger partial charge in [-0.15, -0.1) is 11.8 Å². The largest absolute Gasteiger partial charge is 0.480 e. The highest BCUT2D eigenvalue weighted by Crippen LogP contribution is 2.22. The predicted molar refractivity (Wildman–Crippen MR) is 57.6 cm³/mol. The van der Waals surface area contributed by atoms with Gasteiger partial charge in [-0.1, -0.05) is 11.6 Å². The molecular weight excluding hydrogens is 222 g/mol. The molecule has 0 aliphatic rings. The number of hydrogen-bond donors (Lipinski definition) is 1. The summed E-state index contributed by atoms with van der Waals surface area (Å²) in [5, 5.41) is 8.83. The van der Waals surface area contributed by atoms with Crippen molar-refractivity contribution in [3.8, 4) is 0 Å². The molecule has 14 heavy (non-hydrogen) atoms. The molecule has 0 aromatic carbocycles. The van der Waals surface area contributed by atoms with Gasteiger partial charge in [0.25, 0.3) is 0 Å². The third-order valence-corrected chi connectivity index (χ3v) is 3.21. The van der Waals surface area contributed by atoms with Gasteiger partial charge in [-0.05, 0) is 18.6 Å². The van der Waals surface area contributed by atoms with Crippen LogP contribution >= 0.6 is 23.4 Å². The second-order valence-corrected chi connectivity index (χ2v) is 4.49. The Labute approximate surface area is 91.5 Å². The van der Waals surface area contributed by atoms with E-state index in [-0.39, 0.29) is 0 Å². The Morgan fingerprint density at radius 3 is 3.07 bits per heavy atom. The number of nitrogens with zero attached hydrogens (tertiary/aromatic N) is 1. The van der Waals surface area contributed by atoms with Crippen molar-refractivity contribution in [2.24, 2.45) is 0 Å². The second kappa shape index (κ2) is 5.22. The van der Waals surface area contributed by atoms with Crippen LogP contribution in [0.25, 0.3) is 0 Å². The molecular formula is C9H10ClNO2S. The molecule has 76 valence electrons. The van der Waals surface area contributed by atoms with Crippen LogP contribution in [0.15, 0.2) is 18.5 Å². The van der Waals surface area contributed by atoms with Gasteiger partial charge in [0, 0.05) is 18.1 Å². The molecule has 1 unspecified atom stereocenters. The molecule has 1 atom stereocenters. The highest BCUT2D eigenvalue weighted by atomic mass is 35.5. The standard InChI is InChI=1S/C9H10ClNO2S/c1-6(9(12)13)14-5-7-2-3-11-4-8(7)10/h2-4,6H,5H2,1H3,(H,12,13). The minimum absolute atomic E-state index is 0.417. The van der Waals surface area contributed by atoms with Gasteiger partial charge in [-0.25, -0.2) is 0 Å². The summed E-state index contributed by atoms with van der Waals surface area (Å²) in [5.41, 5.74) is 0.916. The summed E-state index contributed by atoms with van der Waals surface area (Å²) in [5.74, 6) is -0.213. The van der Waals surface area contributed by atoms with E-state index in [1.807, 2.05) is 0 Å². The minimum Gasteiger partial charge on any atom is -0.480 e. The Hall–Kier alpha value is -0.740. The van der Waals surface area contributed by atoms with E-state index in [4.69, 9.17) is 16.7 Å². The Balaban J connectivity index is 2.54. The van der Waals surface area contributed by atoms with Crippen LogP contribution < -0.4 is 0 Å². The first-order valence-electron chi connectivity index (χ1n) is 4.04. The molecule has 1 N–H and O–H groups in total. The highest BCUT2D eigenvalue weighted by Gasteiger charge is 2.11. The molecule has 0 radical (unpaired) electrons. The lowest BCUT2D eigenvalue weighted by Crippen LogP contribution is -2.11. The number of carbonyl (C=O) groups is 1. The molecule has 0 aliphatic heterocycles. The number of aromatic nitrogens is 1. The molecule has 0 spiro atoms. The number of pyridine rings is 1. The average molecular weight is 232 g/mol. The summed E-state index contributed by atoms with van der Waals surface area (Å²) < 4.78 is 0. The molecule has 5 heteroatoms. The zero-order valence-electron chi connectivity index (χ0n) is 7.61. The zero-order valence-corrected chi connectivity index (χ0v) is 9.18. The summed E-state index contributed by atoms with van der Waals surface area (Å²) in [7, 11) is 0. The first-order valence-corrected chi connectivity index (χ1v) is 5.46. The third kappa shape index (κ3) is 3.20. The van der Waals surface area contributed by atoms with Gasteiger partial charge in [-0.3, -0.25) is 9.78 Å². The maximum atomic E-state index is 10.5. The van der Waals surface area contributed by atoms with Crippen LogP contribution in [-0.2, 0) is 10.5 Å². The Kier molecular flexibility index (Phi) is 4.22.